The molecular formula is C18H24ClF3N4O2. The Morgan fingerprint density at radius 3 is 2.50 bits per heavy atom. The Kier molecular flexibility index (Phi) is 7.16. The second-order valence-corrected chi connectivity index (χ2v) is 7.03. The number of hydrogen-bond donors (Lipinski definition) is 2. The zero-order valence-electron chi connectivity index (χ0n) is 15.7. The number of aromatic amines is 1. The number of hydrogen-bond acceptors (Lipinski definition) is 5. The SMILES string of the molecule is CNC1CCC(CN(C)c2cc(-c3n[nH]c(=O)o3)ccc2C(F)(F)F)CC1.Cl. The third-order valence-corrected chi connectivity index (χ3v) is 5.19. The maximum atomic E-state index is 13.5. The second-order valence-electron chi connectivity index (χ2n) is 7.03. The van der Waals surface area contributed by atoms with Gasteiger partial charge in [-0.1, -0.05) is 0 Å². The Bertz CT molecular complexity index is 829. The molecule has 3 rings (SSSR count). The Balaban J connectivity index is 0.00000280. The van der Waals surface area contributed by atoms with Crippen LogP contribution in [0.2, 0.25) is 0 Å². The average molecular weight is 421 g/mol. The summed E-state index contributed by atoms with van der Waals surface area (Å²) in [6.45, 7) is 0.535. The molecule has 0 atom stereocenters. The van der Waals surface area contributed by atoms with Crippen molar-refractivity contribution in [2.24, 2.45) is 5.92 Å². The van der Waals surface area contributed by atoms with Gasteiger partial charge >= 0.3 is 11.9 Å². The number of anilines is 1. The maximum Gasteiger partial charge on any atom is 0.434 e. The molecule has 0 radical (unpaired) electrons. The first kappa shape index (κ1) is 22.3. The summed E-state index contributed by atoms with van der Waals surface area (Å²) in [7, 11) is 3.60. The molecule has 0 saturated heterocycles. The molecule has 1 aliphatic rings. The Hall–Kier alpha value is -2.00. The molecule has 0 aliphatic heterocycles. The molecule has 1 heterocycles. The van der Waals surface area contributed by atoms with E-state index in [1.807, 2.05) is 7.05 Å². The topological polar surface area (TPSA) is 74.2 Å². The minimum Gasteiger partial charge on any atom is -0.388 e. The molecule has 1 saturated carbocycles. The standard InChI is InChI=1S/C18H23F3N4O2.ClH/c1-22-13-6-3-11(4-7-13)10-25(2)15-9-12(16-23-24-17(26)27-16)5-8-14(15)18(19,20)21;/h5,8-9,11,13,22H,3-4,6-7,10H2,1-2H3,(H,24,26);1H. The smallest absolute Gasteiger partial charge is 0.388 e. The molecular weight excluding hydrogens is 397 g/mol. The highest BCUT2D eigenvalue weighted by Crippen LogP contribution is 2.39. The zero-order valence-corrected chi connectivity index (χ0v) is 16.5. The molecule has 156 valence electrons. The fourth-order valence-electron chi connectivity index (χ4n) is 3.69. The molecule has 0 spiro atoms. The van der Waals surface area contributed by atoms with Gasteiger partial charge in [-0.3, -0.25) is 0 Å². The first-order valence-electron chi connectivity index (χ1n) is 8.93. The molecule has 0 unspecified atom stereocenters. The van der Waals surface area contributed by atoms with Gasteiger partial charge < -0.3 is 14.6 Å². The molecule has 2 N–H and O–H groups in total. The van der Waals surface area contributed by atoms with Crippen LogP contribution in [-0.4, -0.2) is 36.9 Å². The van der Waals surface area contributed by atoms with Gasteiger partial charge in [0.05, 0.1) is 5.56 Å². The van der Waals surface area contributed by atoms with Gasteiger partial charge in [-0.15, -0.1) is 17.5 Å². The van der Waals surface area contributed by atoms with E-state index in [2.05, 4.69) is 15.5 Å². The zero-order chi connectivity index (χ0) is 19.6. The summed E-state index contributed by atoms with van der Waals surface area (Å²) in [4.78, 5) is 12.8. The van der Waals surface area contributed by atoms with Gasteiger partial charge in [-0.25, -0.2) is 9.89 Å². The second kappa shape index (κ2) is 9.00. The highest BCUT2D eigenvalue weighted by molar-refractivity contribution is 5.85. The largest absolute Gasteiger partial charge is 0.434 e. The predicted octanol–water partition coefficient (Wildman–Crippen LogP) is 3.68. The van der Waals surface area contributed by atoms with Crippen LogP contribution in [0, 0.1) is 5.92 Å². The number of halogens is 4. The highest BCUT2D eigenvalue weighted by Gasteiger charge is 2.35. The number of alkyl halides is 3. The van der Waals surface area contributed by atoms with Crippen molar-refractivity contribution < 1.29 is 17.6 Å². The van der Waals surface area contributed by atoms with Crippen molar-refractivity contribution >= 4 is 18.1 Å². The van der Waals surface area contributed by atoms with Gasteiger partial charge in [0, 0.05) is 30.9 Å². The molecule has 1 aliphatic carbocycles. The first-order chi connectivity index (χ1) is 12.8. The lowest BCUT2D eigenvalue weighted by Crippen LogP contribution is -2.35. The van der Waals surface area contributed by atoms with Gasteiger partial charge in [0.25, 0.3) is 0 Å². The lowest BCUT2D eigenvalue weighted by molar-refractivity contribution is -0.137. The van der Waals surface area contributed by atoms with Crippen molar-refractivity contribution in [1.82, 2.24) is 15.5 Å². The van der Waals surface area contributed by atoms with Crippen LogP contribution in [-0.2, 0) is 6.18 Å². The number of nitrogens with one attached hydrogen (secondary N) is 2. The predicted molar refractivity (Wildman–Crippen MR) is 103 cm³/mol. The summed E-state index contributed by atoms with van der Waals surface area (Å²) in [5.74, 6) is -0.438. The molecule has 1 aromatic heterocycles. The van der Waals surface area contributed by atoms with Gasteiger partial charge in [0.2, 0.25) is 5.89 Å². The van der Waals surface area contributed by atoms with Crippen LogP contribution in [0.1, 0.15) is 31.2 Å². The van der Waals surface area contributed by atoms with Crippen LogP contribution in [0.5, 0.6) is 0 Å². The van der Waals surface area contributed by atoms with Gasteiger partial charge in [-0.05, 0) is 56.8 Å². The van der Waals surface area contributed by atoms with Gasteiger partial charge in [0.1, 0.15) is 0 Å². The van der Waals surface area contributed by atoms with E-state index in [1.165, 1.54) is 12.1 Å². The van der Waals surface area contributed by atoms with E-state index in [1.54, 1.807) is 11.9 Å². The van der Waals surface area contributed by atoms with Crippen molar-refractivity contribution in [3.05, 3.63) is 34.3 Å². The van der Waals surface area contributed by atoms with Crippen LogP contribution in [0.3, 0.4) is 0 Å². The fraction of sp³-hybridized carbons (Fsp3) is 0.556. The van der Waals surface area contributed by atoms with Gasteiger partial charge in [-0.2, -0.15) is 13.2 Å². The number of aromatic nitrogens is 2. The summed E-state index contributed by atoms with van der Waals surface area (Å²) < 4.78 is 45.4. The van der Waals surface area contributed by atoms with Crippen LogP contribution in [0.15, 0.2) is 27.4 Å². The van der Waals surface area contributed by atoms with Crippen molar-refractivity contribution in [2.75, 3.05) is 25.5 Å². The summed E-state index contributed by atoms with van der Waals surface area (Å²) in [6.07, 6.45) is -0.464. The molecule has 10 heteroatoms. The van der Waals surface area contributed by atoms with E-state index in [0.29, 0.717) is 24.1 Å². The van der Waals surface area contributed by atoms with E-state index in [9.17, 15) is 18.0 Å². The quantitative estimate of drug-likeness (QED) is 0.771. The number of benzene rings is 1. The lowest BCUT2D eigenvalue weighted by Gasteiger charge is -2.33. The van der Waals surface area contributed by atoms with E-state index in [0.717, 1.165) is 31.7 Å². The molecule has 2 aromatic rings. The van der Waals surface area contributed by atoms with Crippen molar-refractivity contribution in [3.63, 3.8) is 0 Å². The third-order valence-electron chi connectivity index (χ3n) is 5.19. The molecule has 0 amide bonds. The monoisotopic (exact) mass is 420 g/mol. The minimum atomic E-state index is -4.47. The normalized spacial score (nSPS) is 19.9. The summed E-state index contributed by atoms with van der Waals surface area (Å²) in [5.41, 5.74) is -0.334. The molecule has 0 bridgehead atoms. The average Bonchev–Trinajstić information content (AvgIpc) is 3.07. The Morgan fingerprint density at radius 2 is 1.96 bits per heavy atom. The molecule has 1 aromatic carbocycles. The lowest BCUT2D eigenvalue weighted by atomic mass is 9.85. The van der Waals surface area contributed by atoms with E-state index in [4.69, 9.17) is 4.42 Å². The summed E-state index contributed by atoms with van der Waals surface area (Å²) in [5, 5.41) is 9.08. The molecule has 28 heavy (non-hydrogen) atoms. The molecule has 1 fully saturated rings. The Morgan fingerprint density at radius 1 is 1.29 bits per heavy atom. The van der Waals surface area contributed by atoms with E-state index in [-0.39, 0.29) is 24.0 Å². The molecule has 6 nitrogen and oxygen atoms in total. The van der Waals surface area contributed by atoms with Gasteiger partial charge in [0.15, 0.2) is 0 Å². The number of H-pyrrole nitrogens is 1. The summed E-state index contributed by atoms with van der Waals surface area (Å²) >= 11 is 0. The highest BCUT2D eigenvalue weighted by atomic mass is 35.5. The first-order valence-corrected chi connectivity index (χ1v) is 8.93. The van der Waals surface area contributed by atoms with Crippen LogP contribution in [0.25, 0.3) is 11.5 Å². The van der Waals surface area contributed by atoms with Crippen LogP contribution >= 0.6 is 12.4 Å². The fourth-order valence-corrected chi connectivity index (χ4v) is 3.69. The minimum absolute atomic E-state index is 0. The van der Waals surface area contributed by atoms with E-state index < -0.39 is 17.5 Å². The van der Waals surface area contributed by atoms with Crippen molar-refractivity contribution in [3.8, 4) is 11.5 Å². The Labute approximate surface area is 166 Å². The van der Waals surface area contributed by atoms with Crippen LogP contribution < -0.4 is 16.0 Å². The summed E-state index contributed by atoms with van der Waals surface area (Å²) in [6, 6.07) is 4.13. The number of nitrogens with zero attached hydrogens (tertiary/aromatic N) is 2. The number of rotatable bonds is 5. The van der Waals surface area contributed by atoms with Crippen molar-refractivity contribution in [2.45, 2.75) is 37.9 Å². The van der Waals surface area contributed by atoms with Crippen LogP contribution in [0.4, 0.5) is 18.9 Å². The van der Waals surface area contributed by atoms with Crippen molar-refractivity contribution in [1.29, 1.82) is 0 Å². The maximum absolute atomic E-state index is 13.5. The van der Waals surface area contributed by atoms with E-state index >= 15 is 0 Å². The third kappa shape index (κ3) is 5.08.